The number of methoxy groups -OCH3 is 1. The fourth-order valence-electron chi connectivity index (χ4n) is 1.67. The monoisotopic (exact) mass is 285 g/mol. The van der Waals surface area contributed by atoms with E-state index in [9.17, 15) is 9.59 Å². The lowest BCUT2D eigenvalue weighted by Crippen LogP contribution is -2.29. The molecule has 0 bridgehead atoms. The van der Waals surface area contributed by atoms with Gasteiger partial charge in [-0.1, -0.05) is 6.92 Å². The number of thiazole rings is 1. The Balaban J connectivity index is 2.48. The van der Waals surface area contributed by atoms with E-state index in [0.717, 1.165) is 5.69 Å². The zero-order chi connectivity index (χ0) is 14.4. The third-order valence-corrected chi connectivity index (χ3v) is 3.26. The van der Waals surface area contributed by atoms with Gasteiger partial charge in [0.2, 0.25) is 5.91 Å². The number of nitrogens with zero attached hydrogens (tertiary/aromatic N) is 2. The summed E-state index contributed by atoms with van der Waals surface area (Å²) in [4.78, 5) is 28.5. The Morgan fingerprint density at radius 1 is 1.58 bits per heavy atom. The summed E-state index contributed by atoms with van der Waals surface area (Å²) >= 11 is 1.39. The molecule has 0 aliphatic rings. The second kappa shape index (κ2) is 7.20. The number of hydrogen-bond donors (Lipinski definition) is 1. The van der Waals surface area contributed by atoms with Crippen LogP contribution < -0.4 is 5.32 Å². The highest BCUT2D eigenvalue weighted by molar-refractivity contribution is 7.13. The first-order chi connectivity index (χ1) is 8.92. The Kier molecular flexibility index (Phi) is 5.91. The predicted molar refractivity (Wildman–Crippen MR) is 73.9 cm³/mol. The van der Waals surface area contributed by atoms with Crippen LogP contribution >= 0.6 is 11.3 Å². The van der Waals surface area contributed by atoms with Crippen molar-refractivity contribution in [2.24, 2.45) is 5.92 Å². The maximum Gasteiger partial charge on any atom is 0.309 e. The van der Waals surface area contributed by atoms with Crippen LogP contribution in [0.1, 0.15) is 19.5 Å². The van der Waals surface area contributed by atoms with Crippen molar-refractivity contribution < 1.29 is 14.3 Å². The molecule has 0 aliphatic heterocycles. The van der Waals surface area contributed by atoms with E-state index in [2.05, 4.69) is 15.0 Å². The second-order valence-electron chi connectivity index (χ2n) is 4.45. The van der Waals surface area contributed by atoms with E-state index >= 15 is 0 Å². The summed E-state index contributed by atoms with van der Waals surface area (Å²) in [6.07, 6.45) is 0. The van der Waals surface area contributed by atoms with Crippen molar-refractivity contribution in [1.29, 1.82) is 0 Å². The first-order valence-corrected chi connectivity index (χ1v) is 6.78. The van der Waals surface area contributed by atoms with Crippen molar-refractivity contribution in [1.82, 2.24) is 9.88 Å². The van der Waals surface area contributed by atoms with Gasteiger partial charge >= 0.3 is 5.97 Å². The molecule has 7 heteroatoms. The predicted octanol–water partition coefficient (Wildman–Crippen LogP) is 1.34. The number of amides is 1. The minimum atomic E-state index is -0.218. The molecular formula is C12H19N3O3S. The SMILES string of the molecule is COC(=O)C(C)CN(C)Cc1csc(NC(C)=O)n1. The topological polar surface area (TPSA) is 71.5 Å². The second-order valence-corrected chi connectivity index (χ2v) is 5.30. The van der Waals surface area contributed by atoms with Gasteiger partial charge in [0.15, 0.2) is 5.13 Å². The summed E-state index contributed by atoms with van der Waals surface area (Å²) < 4.78 is 4.68. The highest BCUT2D eigenvalue weighted by Crippen LogP contribution is 2.16. The number of esters is 1. The summed E-state index contributed by atoms with van der Waals surface area (Å²) in [5.74, 6) is -0.527. The lowest BCUT2D eigenvalue weighted by Gasteiger charge is -2.18. The van der Waals surface area contributed by atoms with E-state index in [-0.39, 0.29) is 17.8 Å². The van der Waals surface area contributed by atoms with Crippen molar-refractivity contribution in [3.8, 4) is 0 Å². The number of rotatable bonds is 6. The van der Waals surface area contributed by atoms with Crippen molar-refractivity contribution in [3.63, 3.8) is 0 Å². The van der Waals surface area contributed by atoms with E-state index in [1.807, 2.05) is 24.3 Å². The molecule has 0 spiro atoms. The maximum atomic E-state index is 11.3. The molecule has 19 heavy (non-hydrogen) atoms. The molecule has 0 saturated carbocycles. The van der Waals surface area contributed by atoms with Gasteiger partial charge in [-0.05, 0) is 7.05 Å². The first-order valence-electron chi connectivity index (χ1n) is 5.90. The van der Waals surface area contributed by atoms with Gasteiger partial charge in [-0.25, -0.2) is 4.98 Å². The third kappa shape index (κ3) is 5.35. The zero-order valence-corrected chi connectivity index (χ0v) is 12.4. The third-order valence-electron chi connectivity index (χ3n) is 2.46. The van der Waals surface area contributed by atoms with Crippen molar-refractivity contribution >= 4 is 28.3 Å². The summed E-state index contributed by atoms with van der Waals surface area (Å²) in [6.45, 7) is 4.49. The molecule has 1 N–H and O–H groups in total. The van der Waals surface area contributed by atoms with E-state index in [1.165, 1.54) is 25.4 Å². The number of ether oxygens (including phenoxy) is 1. The molecule has 1 aromatic rings. The number of carbonyl (C=O) groups excluding carboxylic acids is 2. The molecule has 1 atom stereocenters. The average Bonchev–Trinajstić information content (AvgIpc) is 2.73. The Labute approximate surface area is 116 Å². The van der Waals surface area contributed by atoms with Gasteiger partial charge in [0.25, 0.3) is 0 Å². The van der Waals surface area contributed by atoms with Crippen LogP contribution in [-0.4, -0.2) is 42.5 Å². The number of nitrogens with one attached hydrogen (secondary N) is 1. The Morgan fingerprint density at radius 2 is 2.26 bits per heavy atom. The fourth-order valence-corrected chi connectivity index (χ4v) is 2.42. The molecule has 6 nitrogen and oxygen atoms in total. The van der Waals surface area contributed by atoms with E-state index in [1.54, 1.807) is 0 Å². The Hall–Kier alpha value is -1.47. The summed E-state index contributed by atoms with van der Waals surface area (Å²) in [6, 6.07) is 0. The van der Waals surface area contributed by atoms with Crippen molar-refractivity contribution in [3.05, 3.63) is 11.1 Å². The van der Waals surface area contributed by atoms with Crippen LogP contribution in [0, 0.1) is 5.92 Å². The normalized spacial score (nSPS) is 12.3. The molecule has 0 radical (unpaired) electrons. The largest absolute Gasteiger partial charge is 0.469 e. The van der Waals surface area contributed by atoms with E-state index < -0.39 is 0 Å². The summed E-state index contributed by atoms with van der Waals surface area (Å²) in [7, 11) is 3.30. The molecular weight excluding hydrogens is 266 g/mol. The molecule has 0 saturated heterocycles. The molecule has 1 aromatic heterocycles. The number of carbonyl (C=O) groups is 2. The molecule has 0 fully saturated rings. The molecule has 1 heterocycles. The smallest absolute Gasteiger partial charge is 0.309 e. The minimum absolute atomic E-state index is 0.131. The van der Waals surface area contributed by atoms with Crippen LogP contribution in [0.25, 0.3) is 0 Å². The minimum Gasteiger partial charge on any atom is -0.469 e. The lowest BCUT2D eigenvalue weighted by atomic mass is 10.2. The molecule has 106 valence electrons. The van der Waals surface area contributed by atoms with E-state index in [4.69, 9.17) is 0 Å². The molecule has 1 rings (SSSR count). The average molecular weight is 285 g/mol. The summed E-state index contributed by atoms with van der Waals surface area (Å²) in [5, 5.41) is 5.13. The molecule has 1 unspecified atom stereocenters. The number of anilines is 1. The van der Waals surface area contributed by atoms with Gasteiger partial charge in [-0.2, -0.15) is 0 Å². The van der Waals surface area contributed by atoms with Gasteiger partial charge in [0.1, 0.15) is 0 Å². The maximum absolute atomic E-state index is 11.3. The van der Waals surface area contributed by atoms with Crippen LogP contribution in [0.5, 0.6) is 0 Å². The summed E-state index contributed by atoms with van der Waals surface area (Å²) in [5.41, 5.74) is 0.869. The van der Waals surface area contributed by atoms with Gasteiger partial charge in [-0.15, -0.1) is 11.3 Å². The Morgan fingerprint density at radius 3 is 2.84 bits per heavy atom. The van der Waals surface area contributed by atoms with Crippen LogP contribution in [-0.2, 0) is 20.9 Å². The van der Waals surface area contributed by atoms with Gasteiger partial charge < -0.3 is 10.1 Å². The standard InChI is InChI=1S/C12H19N3O3S/c1-8(11(17)18-4)5-15(3)6-10-7-19-12(14-10)13-9(2)16/h7-8H,5-6H2,1-4H3,(H,13,14,16). The van der Waals surface area contributed by atoms with Crippen molar-refractivity contribution in [2.45, 2.75) is 20.4 Å². The quantitative estimate of drug-likeness (QED) is 0.799. The fraction of sp³-hybridized carbons (Fsp3) is 0.583. The number of hydrogen-bond acceptors (Lipinski definition) is 6. The van der Waals surface area contributed by atoms with Gasteiger partial charge in [-0.3, -0.25) is 14.5 Å². The Bertz CT molecular complexity index is 447. The lowest BCUT2D eigenvalue weighted by molar-refractivity contribution is -0.145. The molecule has 1 amide bonds. The first kappa shape index (κ1) is 15.6. The number of aromatic nitrogens is 1. The van der Waals surface area contributed by atoms with Crippen LogP contribution in [0.3, 0.4) is 0 Å². The van der Waals surface area contributed by atoms with Crippen LogP contribution in [0.2, 0.25) is 0 Å². The van der Waals surface area contributed by atoms with E-state index in [0.29, 0.717) is 18.2 Å². The van der Waals surface area contributed by atoms with Crippen LogP contribution in [0.15, 0.2) is 5.38 Å². The molecule has 0 aromatic carbocycles. The van der Waals surface area contributed by atoms with Gasteiger partial charge in [0.05, 0.1) is 18.7 Å². The zero-order valence-electron chi connectivity index (χ0n) is 11.6. The highest BCUT2D eigenvalue weighted by atomic mass is 32.1. The highest BCUT2D eigenvalue weighted by Gasteiger charge is 2.16. The van der Waals surface area contributed by atoms with Gasteiger partial charge in [0, 0.05) is 25.4 Å². The molecule has 0 aliphatic carbocycles. The van der Waals surface area contributed by atoms with Crippen molar-refractivity contribution in [2.75, 3.05) is 26.0 Å². The van der Waals surface area contributed by atoms with Crippen LogP contribution in [0.4, 0.5) is 5.13 Å².